The van der Waals surface area contributed by atoms with E-state index < -0.39 is 0 Å². The minimum atomic E-state index is 0.295. The second-order valence-electron chi connectivity index (χ2n) is 3.74. The van der Waals surface area contributed by atoms with Crippen molar-refractivity contribution >= 4 is 15.9 Å². The van der Waals surface area contributed by atoms with Crippen LogP contribution in [0.2, 0.25) is 0 Å². The molecule has 2 rings (SSSR count). The highest BCUT2D eigenvalue weighted by Crippen LogP contribution is 2.29. The summed E-state index contributed by atoms with van der Waals surface area (Å²) in [5, 5.41) is 0. The molecule has 0 spiro atoms. The van der Waals surface area contributed by atoms with Gasteiger partial charge in [0, 0.05) is 6.04 Å². The molecule has 0 aromatic heterocycles. The number of para-hydroxylation sites is 1. The van der Waals surface area contributed by atoms with Gasteiger partial charge in [-0.2, -0.15) is 0 Å². The largest absolute Gasteiger partial charge is 0.489 e. The fraction of sp³-hybridized carbons (Fsp3) is 0.455. The van der Waals surface area contributed by atoms with Gasteiger partial charge < -0.3 is 10.5 Å². The average molecular weight is 256 g/mol. The van der Waals surface area contributed by atoms with Crippen molar-refractivity contribution < 1.29 is 4.74 Å². The summed E-state index contributed by atoms with van der Waals surface area (Å²) < 4.78 is 6.86. The maximum atomic E-state index is 5.85. The molecule has 0 amide bonds. The van der Waals surface area contributed by atoms with E-state index in [1.165, 1.54) is 0 Å². The van der Waals surface area contributed by atoms with Gasteiger partial charge in [0.2, 0.25) is 0 Å². The van der Waals surface area contributed by atoms with Crippen molar-refractivity contribution in [1.29, 1.82) is 0 Å². The number of ether oxygens (including phenoxy) is 1. The van der Waals surface area contributed by atoms with Gasteiger partial charge in [-0.25, -0.2) is 0 Å². The van der Waals surface area contributed by atoms with Gasteiger partial charge in [0.25, 0.3) is 0 Å². The van der Waals surface area contributed by atoms with Gasteiger partial charge in [-0.05, 0) is 47.3 Å². The summed E-state index contributed by atoms with van der Waals surface area (Å²) in [7, 11) is 0. The van der Waals surface area contributed by atoms with E-state index in [-0.39, 0.29) is 0 Å². The summed E-state index contributed by atoms with van der Waals surface area (Å²) in [4.78, 5) is 0. The third-order valence-corrected chi connectivity index (χ3v) is 3.21. The van der Waals surface area contributed by atoms with E-state index >= 15 is 0 Å². The Labute approximate surface area is 92.6 Å². The molecular weight excluding hydrogens is 242 g/mol. The summed E-state index contributed by atoms with van der Waals surface area (Å²) in [6, 6.07) is 8.26. The zero-order valence-corrected chi connectivity index (χ0v) is 9.53. The van der Waals surface area contributed by atoms with Gasteiger partial charge in [0.1, 0.15) is 11.9 Å². The van der Waals surface area contributed by atoms with Gasteiger partial charge >= 0.3 is 0 Å². The molecule has 14 heavy (non-hydrogen) atoms. The van der Waals surface area contributed by atoms with Gasteiger partial charge in [-0.15, -0.1) is 0 Å². The third kappa shape index (κ3) is 2.28. The Morgan fingerprint density at radius 3 is 2.71 bits per heavy atom. The molecule has 2 atom stereocenters. The number of nitrogens with two attached hydrogens (primary N) is 1. The van der Waals surface area contributed by atoms with E-state index in [1.807, 2.05) is 24.3 Å². The molecule has 1 aromatic rings. The molecule has 1 fully saturated rings. The molecule has 2 unspecified atom stereocenters. The lowest BCUT2D eigenvalue weighted by Gasteiger charge is -2.14. The van der Waals surface area contributed by atoms with Gasteiger partial charge in [-0.3, -0.25) is 0 Å². The van der Waals surface area contributed by atoms with Crippen molar-refractivity contribution in [1.82, 2.24) is 0 Å². The number of halogens is 1. The topological polar surface area (TPSA) is 35.2 Å². The first-order valence-corrected chi connectivity index (χ1v) is 5.72. The van der Waals surface area contributed by atoms with E-state index in [0.717, 1.165) is 29.5 Å². The Hall–Kier alpha value is -0.540. The summed E-state index contributed by atoms with van der Waals surface area (Å²) in [6.45, 7) is 0. The zero-order valence-electron chi connectivity index (χ0n) is 7.95. The monoisotopic (exact) mass is 255 g/mol. The van der Waals surface area contributed by atoms with Crippen molar-refractivity contribution in [2.75, 3.05) is 0 Å². The van der Waals surface area contributed by atoms with Crippen molar-refractivity contribution in [2.45, 2.75) is 31.4 Å². The quantitative estimate of drug-likeness (QED) is 0.882. The molecule has 2 N–H and O–H groups in total. The van der Waals surface area contributed by atoms with E-state index in [0.29, 0.717) is 12.1 Å². The summed E-state index contributed by atoms with van der Waals surface area (Å²) in [5.41, 5.74) is 5.83. The summed E-state index contributed by atoms with van der Waals surface area (Å²) in [6.07, 6.45) is 3.42. The third-order valence-electron chi connectivity index (χ3n) is 2.56. The highest BCUT2D eigenvalue weighted by atomic mass is 79.9. The van der Waals surface area contributed by atoms with Crippen molar-refractivity contribution in [3.05, 3.63) is 28.7 Å². The van der Waals surface area contributed by atoms with E-state index in [9.17, 15) is 0 Å². The number of hydrogen-bond acceptors (Lipinski definition) is 2. The fourth-order valence-electron chi connectivity index (χ4n) is 1.80. The molecule has 1 aromatic carbocycles. The normalized spacial score (nSPS) is 26.4. The average Bonchev–Trinajstić information content (AvgIpc) is 2.56. The van der Waals surface area contributed by atoms with Crippen LogP contribution in [0.15, 0.2) is 28.7 Å². The van der Waals surface area contributed by atoms with Crippen LogP contribution in [0.1, 0.15) is 19.3 Å². The second kappa shape index (κ2) is 4.32. The van der Waals surface area contributed by atoms with Gasteiger partial charge in [0.15, 0.2) is 0 Å². The molecule has 0 heterocycles. The maximum absolute atomic E-state index is 5.85. The van der Waals surface area contributed by atoms with Crippen LogP contribution in [0.25, 0.3) is 0 Å². The standard InChI is InChI=1S/C11H14BrNO/c12-10-3-1-2-4-11(10)14-9-6-5-8(13)7-9/h1-4,8-9H,5-7,13H2. The Bertz CT molecular complexity index is 316. The van der Waals surface area contributed by atoms with Crippen LogP contribution >= 0.6 is 15.9 Å². The van der Waals surface area contributed by atoms with Crippen LogP contribution in [0.5, 0.6) is 5.75 Å². The first kappa shape index (κ1) is 9.99. The van der Waals surface area contributed by atoms with Crippen LogP contribution in [0, 0.1) is 0 Å². The molecule has 0 bridgehead atoms. The van der Waals surface area contributed by atoms with Crippen LogP contribution in [0.3, 0.4) is 0 Å². The van der Waals surface area contributed by atoms with Gasteiger partial charge in [0.05, 0.1) is 4.47 Å². The first-order valence-electron chi connectivity index (χ1n) is 4.92. The highest BCUT2D eigenvalue weighted by molar-refractivity contribution is 9.10. The lowest BCUT2D eigenvalue weighted by Crippen LogP contribution is -2.19. The fourth-order valence-corrected chi connectivity index (χ4v) is 2.18. The highest BCUT2D eigenvalue weighted by Gasteiger charge is 2.23. The van der Waals surface area contributed by atoms with Crippen LogP contribution in [-0.4, -0.2) is 12.1 Å². The Kier molecular flexibility index (Phi) is 3.08. The Morgan fingerprint density at radius 2 is 2.07 bits per heavy atom. The van der Waals surface area contributed by atoms with E-state index in [1.54, 1.807) is 0 Å². The smallest absolute Gasteiger partial charge is 0.133 e. The molecule has 0 saturated heterocycles. The molecular formula is C11H14BrNO. The molecule has 1 aliphatic rings. The minimum absolute atomic E-state index is 0.295. The first-order chi connectivity index (χ1) is 6.75. The Morgan fingerprint density at radius 1 is 1.29 bits per heavy atom. The summed E-state index contributed by atoms with van der Waals surface area (Å²) >= 11 is 3.46. The van der Waals surface area contributed by atoms with Crippen LogP contribution in [-0.2, 0) is 0 Å². The van der Waals surface area contributed by atoms with Crippen molar-refractivity contribution in [3.8, 4) is 5.75 Å². The minimum Gasteiger partial charge on any atom is -0.489 e. The molecule has 2 nitrogen and oxygen atoms in total. The molecule has 1 saturated carbocycles. The number of benzene rings is 1. The molecule has 0 aliphatic heterocycles. The maximum Gasteiger partial charge on any atom is 0.133 e. The van der Waals surface area contributed by atoms with Gasteiger partial charge in [-0.1, -0.05) is 12.1 Å². The lowest BCUT2D eigenvalue weighted by molar-refractivity contribution is 0.207. The molecule has 76 valence electrons. The molecule has 0 radical (unpaired) electrons. The van der Waals surface area contributed by atoms with Crippen LogP contribution < -0.4 is 10.5 Å². The Balaban J connectivity index is 2.01. The second-order valence-corrected chi connectivity index (χ2v) is 4.60. The number of hydrogen-bond donors (Lipinski definition) is 1. The van der Waals surface area contributed by atoms with E-state index in [2.05, 4.69) is 15.9 Å². The van der Waals surface area contributed by atoms with Crippen LogP contribution in [0.4, 0.5) is 0 Å². The zero-order chi connectivity index (χ0) is 9.97. The SMILES string of the molecule is NC1CCC(Oc2ccccc2Br)C1. The summed E-state index contributed by atoms with van der Waals surface area (Å²) in [5.74, 6) is 0.923. The molecule has 1 aliphatic carbocycles. The van der Waals surface area contributed by atoms with Crippen molar-refractivity contribution in [2.24, 2.45) is 5.73 Å². The lowest BCUT2D eigenvalue weighted by atomic mass is 10.3. The molecule has 3 heteroatoms. The predicted octanol–water partition coefficient (Wildman–Crippen LogP) is 2.71. The predicted molar refractivity (Wildman–Crippen MR) is 60.4 cm³/mol. The van der Waals surface area contributed by atoms with Crippen molar-refractivity contribution in [3.63, 3.8) is 0 Å². The van der Waals surface area contributed by atoms with E-state index in [4.69, 9.17) is 10.5 Å². The number of rotatable bonds is 2.